The van der Waals surface area contributed by atoms with Gasteiger partial charge in [-0.15, -0.1) is 23.1 Å². The van der Waals surface area contributed by atoms with Gasteiger partial charge in [-0.1, -0.05) is 40.7 Å². The second kappa shape index (κ2) is 12.6. The number of aromatic amines is 1. The molecular weight excluding hydrogens is 644 g/mol. The van der Waals surface area contributed by atoms with Crippen molar-refractivity contribution in [3.05, 3.63) is 77.9 Å². The number of aryl methyl sites for hydroxylation is 1. The molecule has 0 spiro atoms. The number of rotatable bonds is 10. The predicted molar refractivity (Wildman–Crippen MR) is 160 cm³/mol. The van der Waals surface area contributed by atoms with Gasteiger partial charge in [0.2, 0.25) is 0 Å². The first-order chi connectivity index (χ1) is 20.5. The lowest BCUT2D eigenvalue weighted by atomic mass is 10.0. The standard InChI is InChI=1S/C24H21ClN8O7S3/c1-32-24(29-18(35)19(36)30-32)43-8-11-7-41-21-15(20(37)33(21)16(11)22(38)39)28-17(34)14(13-9-42-23(26)27-13)31-40-6-10-2-4-12(25)5-3-10/h2-5,9,15,21H,6-8H2,1H3,(H2,26,27)(H,28,34)(H,30,36)(H,38,39)/b31-14-/t15-,21-/m1/s1. The molecule has 2 aliphatic rings. The van der Waals surface area contributed by atoms with Crippen molar-refractivity contribution < 1.29 is 24.3 Å². The fourth-order valence-electron chi connectivity index (χ4n) is 4.10. The van der Waals surface area contributed by atoms with E-state index in [9.17, 15) is 29.1 Å². The number of carbonyl (C=O) groups is 3. The van der Waals surface area contributed by atoms with Crippen molar-refractivity contribution in [2.75, 3.05) is 17.2 Å². The Bertz CT molecular complexity index is 1790. The van der Waals surface area contributed by atoms with E-state index in [1.54, 1.807) is 24.3 Å². The van der Waals surface area contributed by atoms with Crippen molar-refractivity contribution in [2.24, 2.45) is 12.2 Å². The number of β-lactam (4-membered cyclic amide) rings is 1. The van der Waals surface area contributed by atoms with E-state index in [-0.39, 0.29) is 45.5 Å². The summed E-state index contributed by atoms with van der Waals surface area (Å²) >= 11 is 9.29. The Hall–Kier alpha value is -4.13. The predicted octanol–water partition coefficient (Wildman–Crippen LogP) is 0.613. The van der Waals surface area contributed by atoms with Crippen LogP contribution in [-0.2, 0) is 32.9 Å². The van der Waals surface area contributed by atoms with Crippen LogP contribution >= 0.6 is 46.5 Å². The number of nitrogen functional groups attached to an aromatic ring is 1. The van der Waals surface area contributed by atoms with E-state index in [4.69, 9.17) is 22.2 Å². The van der Waals surface area contributed by atoms with Gasteiger partial charge < -0.3 is 21.0 Å². The molecular formula is C24H21ClN8O7S3. The van der Waals surface area contributed by atoms with Crippen LogP contribution in [0.15, 0.2) is 60.8 Å². The maximum absolute atomic E-state index is 13.3. The van der Waals surface area contributed by atoms with E-state index in [2.05, 4.69) is 25.5 Å². The minimum atomic E-state index is -1.32. The molecule has 0 aliphatic carbocycles. The molecule has 5 rings (SSSR count). The Labute approximate surface area is 259 Å². The zero-order chi connectivity index (χ0) is 30.8. The Morgan fingerprint density at radius 3 is 2.70 bits per heavy atom. The van der Waals surface area contributed by atoms with Crippen LogP contribution in [0.2, 0.25) is 5.02 Å². The van der Waals surface area contributed by atoms with Crippen molar-refractivity contribution in [3.63, 3.8) is 0 Å². The van der Waals surface area contributed by atoms with Gasteiger partial charge in [0.15, 0.2) is 16.0 Å². The molecule has 43 heavy (non-hydrogen) atoms. The number of hydrogen-bond donors (Lipinski definition) is 4. The van der Waals surface area contributed by atoms with Gasteiger partial charge in [0.1, 0.15) is 29.4 Å². The summed E-state index contributed by atoms with van der Waals surface area (Å²) in [4.78, 5) is 76.1. The van der Waals surface area contributed by atoms with E-state index in [1.807, 2.05) is 0 Å². The van der Waals surface area contributed by atoms with E-state index in [0.717, 1.165) is 33.6 Å². The zero-order valence-corrected chi connectivity index (χ0v) is 25.2. The largest absolute Gasteiger partial charge is 0.477 e. The number of carboxylic acids is 1. The molecule has 19 heteroatoms. The Morgan fingerprint density at radius 2 is 2.02 bits per heavy atom. The number of nitrogens with one attached hydrogen (secondary N) is 2. The van der Waals surface area contributed by atoms with E-state index in [0.29, 0.717) is 10.6 Å². The quantitative estimate of drug-likeness (QED) is 0.0771. The van der Waals surface area contributed by atoms with E-state index < -0.39 is 40.3 Å². The Balaban J connectivity index is 1.30. The van der Waals surface area contributed by atoms with Gasteiger partial charge in [-0.2, -0.15) is 4.98 Å². The number of amides is 2. The number of aliphatic carboxylic acids is 1. The highest BCUT2D eigenvalue weighted by Crippen LogP contribution is 2.41. The van der Waals surface area contributed by atoms with Gasteiger partial charge in [-0.3, -0.25) is 33.9 Å². The van der Waals surface area contributed by atoms with E-state index >= 15 is 0 Å². The number of benzene rings is 1. The molecule has 1 fully saturated rings. The number of halogens is 1. The van der Waals surface area contributed by atoms with Gasteiger partial charge in [0.25, 0.3) is 11.8 Å². The van der Waals surface area contributed by atoms with Crippen molar-refractivity contribution >= 4 is 75.1 Å². The number of fused-ring (bicyclic) bond motifs is 1. The molecule has 0 unspecified atom stereocenters. The molecule has 2 aromatic heterocycles. The first kappa shape index (κ1) is 30.3. The summed E-state index contributed by atoms with van der Waals surface area (Å²) < 4.78 is 1.25. The summed E-state index contributed by atoms with van der Waals surface area (Å²) in [6.45, 7) is 0.0263. The maximum atomic E-state index is 13.3. The molecule has 2 aliphatic heterocycles. The first-order valence-corrected chi connectivity index (χ1v) is 15.5. The Kier molecular flexibility index (Phi) is 8.90. The minimum absolute atomic E-state index is 0.0263. The van der Waals surface area contributed by atoms with Crippen LogP contribution in [0.3, 0.4) is 0 Å². The lowest BCUT2D eigenvalue weighted by Gasteiger charge is -2.49. The van der Waals surface area contributed by atoms with Gasteiger partial charge in [0, 0.05) is 29.0 Å². The second-order valence-corrected chi connectivity index (χ2v) is 12.4. The molecule has 5 N–H and O–H groups in total. The summed E-state index contributed by atoms with van der Waals surface area (Å²) in [5.74, 6) is -2.40. The number of thiazole rings is 1. The first-order valence-electron chi connectivity index (χ1n) is 12.2. The SMILES string of the molecule is Cn1[nH]c(=O)c(=O)nc1SCC1=C(C(=O)O)N2C(=O)[C@@H](NC(=O)/C(=N\OCc3ccc(Cl)cc3)c3csc(N)n3)[C@H]2SC1. The van der Waals surface area contributed by atoms with Crippen LogP contribution in [0, 0.1) is 0 Å². The number of carbonyl (C=O) groups excluding carboxylic acids is 2. The lowest BCUT2D eigenvalue weighted by molar-refractivity contribution is -0.150. The monoisotopic (exact) mass is 664 g/mol. The molecule has 224 valence electrons. The molecule has 2 atom stereocenters. The van der Waals surface area contributed by atoms with Crippen molar-refractivity contribution in [2.45, 2.75) is 23.2 Å². The number of hydrogen-bond acceptors (Lipinski definition) is 13. The van der Waals surface area contributed by atoms with Crippen molar-refractivity contribution in [3.8, 4) is 0 Å². The number of anilines is 1. The molecule has 0 radical (unpaired) electrons. The zero-order valence-electron chi connectivity index (χ0n) is 22.0. The lowest BCUT2D eigenvalue weighted by Crippen LogP contribution is -2.71. The van der Waals surface area contributed by atoms with Gasteiger partial charge >= 0.3 is 17.1 Å². The fourth-order valence-corrected chi connectivity index (χ4v) is 7.18. The third kappa shape index (κ3) is 6.46. The van der Waals surface area contributed by atoms with E-state index in [1.165, 1.54) is 28.9 Å². The number of nitrogens with zero attached hydrogens (tertiary/aromatic N) is 5. The second-order valence-electron chi connectivity index (χ2n) is 9.02. The van der Waals surface area contributed by atoms with Gasteiger partial charge in [0.05, 0.1) is 0 Å². The smallest absolute Gasteiger partial charge is 0.352 e. The summed E-state index contributed by atoms with van der Waals surface area (Å²) in [5, 5.41) is 20.6. The van der Waals surface area contributed by atoms with Crippen molar-refractivity contribution in [1.82, 2.24) is 30.0 Å². The summed E-state index contributed by atoms with van der Waals surface area (Å²) in [6.07, 6.45) is 0. The number of nitrogens with two attached hydrogens (primary N) is 1. The number of aromatic nitrogens is 4. The average Bonchev–Trinajstić information content (AvgIpc) is 3.40. The third-order valence-corrected chi connectivity index (χ3v) is 9.52. The molecule has 15 nitrogen and oxygen atoms in total. The van der Waals surface area contributed by atoms with Gasteiger partial charge in [-0.25, -0.2) is 9.78 Å². The highest BCUT2D eigenvalue weighted by atomic mass is 35.5. The third-order valence-electron chi connectivity index (χ3n) is 6.14. The Morgan fingerprint density at radius 1 is 1.28 bits per heavy atom. The normalized spacial score (nSPS) is 18.2. The minimum Gasteiger partial charge on any atom is -0.477 e. The molecule has 1 aromatic carbocycles. The maximum Gasteiger partial charge on any atom is 0.352 e. The average molecular weight is 665 g/mol. The topological polar surface area (TPSA) is 215 Å². The van der Waals surface area contributed by atoms with Gasteiger partial charge in [-0.05, 0) is 23.3 Å². The number of carboxylic acid groups (broad SMARTS) is 1. The number of thioether (sulfide) groups is 2. The van der Waals surface area contributed by atoms with Crippen LogP contribution in [0.4, 0.5) is 5.13 Å². The van der Waals surface area contributed by atoms with Crippen LogP contribution < -0.4 is 22.2 Å². The number of oxime groups is 1. The molecule has 0 bridgehead atoms. The highest BCUT2D eigenvalue weighted by Gasteiger charge is 2.54. The van der Waals surface area contributed by atoms with Crippen molar-refractivity contribution in [1.29, 1.82) is 0 Å². The molecule has 1 saturated heterocycles. The fraction of sp³-hybridized carbons (Fsp3) is 0.250. The van der Waals surface area contributed by atoms with Crippen LogP contribution in [-0.4, -0.2) is 76.2 Å². The molecule has 4 heterocycles. The van der Waals surface area contributed by atoms with Crippen LogP contribution in [0.25, 0.3) is 0 Å². The number of H-pyrrole nitrogens is 1. The summed E-state index contributed by atoms with van der Waals surface area (Å²) in [5.41, 5.74) is 4.77. The van der Waals surface area contributed by atoms with Crippen LogP contribution in [0.5, 0.6) is 0 Å². The highest BCUT2D eigenvalue weighted by molar-refractivity contribution is 8.01. The molecule has 0 saturated carbocycles. The molecule has 2 amide bonds. The van der Waals surface area contributed by atoms with Crippen LogP contribution in [0.1, 0.15) is 11.3 Å². The summed E-state index contributed by atoms with van der Waals surface area (Å²) in [6, 6.07) is 5.79. The molecule has 3 aromatic rings. The summed E-state index contributed by atoms with van der Waals surface area (Å²) in [7, 11) is 1.49.